The van der Waals surface area contributed by atoms with Crippen LogP contribution in [0.5, 0.6) is 0 Å². The van der Waals surface area contributed by atoms with Crippen molar-refractivity contribution in [2.75, 3.05) is 20.3 Å². The molecule has 1 N–H and O–H groups in total. The summed E-state index contributed by atoms with van der Waals surface area (Å²) < 4.78 is 6.68. The van der Waals surface area contributed by atoms with E-state index in [-0.39, 0.29) is 5.91 Å². The third-order valence-corrected chi connectivity index (χ3v) is 4.10. The molecule has 2 rings (SSSR count). The van der Waals surface area contributed by atoms with Gasteiger partial charge in [0, 0.05) is 20.2 Å². The fraction of sp³-hybridized carbons (Fsp3) is 0.800. The van der Waals surface area contributed by atoms with Crippen LogP contribution in [0.2, 0.25) is 0 Å². The molecule has 6 nitrogen and oxygen atoms in total. The first-order valence-electron chi connectivity index (χ1n) is 7.97. The first kappa shape index (κ1) is 15.9. The zero-order chi connectivity index (χ0) is 14.9. The Bertz CT molecular complexity index is 425. The number of aryl methyl sites for hydroxylation is 1. The molecule has 0 radical (unpaired) electrons. The van der Waals surface area contributed by atoms with Gasteiger partial charge in [0.25, 0.3) is 5.91 Å². The minimum atomic E-state index is -0.187. The lowest BCUT2D eigenvalue weighted by Gasteiger charge is -2.12. The summed E-state index contributed by atoms with van der Waals surface area (Å²) in [5.74, 6) is 0.614. The number of amides is 1. The van der Waals surface area contributed by atoms with Crippen molar-refractivity contribution in [3.8, 4) is 0 Å². The second-order valence-corrected chi connectivity index (χ2v) is 5.76. The molecule has 0 atom stereocenters. The second kappa shape index (κ2) is 8.77. The number of carbonyl (C=O) groups is 1. The van der Waals surface area contributed by atoms with Gasteiger partial charge in [0.2, 0.25) is 0 Å². The molecule has 0 saturated heterocycles. The summed E-state index contributed by atoms with van der Waals surface area (Å²) in [4.78, 5) is 11.8. The average Bonchev–Trinajstić information content (AvgIpc) is 2.81. The van der Waals surface area contributed by atoms with Crippen molar-refractivity contribution in [1.82, 2.24) is 20.3 Å². The van der Waals surface area contributed by atoms with E-state index in [9.17, 15) is 4.79 Å². The van der Waals surface area contributed by atoms with Crippen molar-refractivity contribution in [3.63, 3.8) is 0 Å². The third kappa shape index (κ3) is 5.46. The van der Waals surface area contributed by atoms with E-state index in [1.807, 2.05) is 0 Å². The van der Waals surface area contributed by atoms with Gasteiger partial charge in [-0.05, 0) is 12.3 Å². The molecule has 1 amide bonds. The topological polar surface area (TPSA) is 69.0 Å². The Balaban J connectivity index is 1.75. The lowest BCUT2D eigenvalue weighted by molar-refractivity contribution is 0.0932. The molecule has 1 fully saturated rings. The number of methoxy groups -OCH3 is 1. The quantitative estimate of drug-likeness (QED) is 0.617. The highest BCUT2D eigenvalue weighted by molar-refractivity contribution is 5.91. The molecule has 1 aliphatic rings. The highest BCUT2D eigenvalue weighted by Gasteiger charge is 2.14. The van der Waals surface area contributed by atoms with E-state index in [1.54, 1.807) is 18.0 Å². The van der Waals surface area contributed by atoms with E-state index >= 15 is 0 Å². The first-order valence-corrected chi connectivity index (χ1v) is 7.97. The standard InChI is InChI=1S/C15H26N4O2/c1-21-11-9-16-15(20)14-12-19(18-17-14)10-8-13-6-4-2-3-5-7-13/h12-13H,2-11H2,1H3,(H,16,20). The van der Waals surface area contributed by atoms with Gasteiger partial charge in [-0.2, -0.15) is 0 Å². The van der Waals surface area contributed by atoms with Gasteiger partial charge >= 0.3 is 0 Å². The number of carbonyl (C=O) groups excluding carboxylic acids is 1. The van der Waals surface area contributed by atoms with E-state index < -0.39 is 0 Å². The van der Waals surface area contributed by atoms with Crippen LogP contribution < -0.4 is 5.32 Å². The smallest absolute Gasteiger partial charge is 0.273 e. The Morgan fingerprint density at radius 3 is 2.86 bits per heavy atom. The molecule has 6 heteroatoms. The van der Waals surface area contributed by atoms with Crippen LogP contribution in [0.4, 0.5) is 0 Å². The fourth-order valence-corrected chi connectivity index (χ4v) is 2.84. The molecule has 0 bridgehead atoms. The SMILES string of the molecule is COCCNC(=O)c1cn(CCC2CCCCCC2)nn1. The van der Waals surface area contributed by atoms with E-state index in [1.165, 1.54) is 38.5 Å². The number of rotatable bonds is 7. The Kier molecular flexibility index (Phi) is 6.66. The zero-order valence-electron chi connectivity index (χ0n) is 12.9. The van der Waals surface area contributed by atoms with Crippen molar-refractivity contribution >= 4 is 5.91 Å². The van der Waals surface area contributed by atoms with Gasteiger partial charge in [0.15, 0.2) is 5.69 Å². The van der Waals surface area contributed by atoms with Gasteiger partial charge < -0.3 is 10.1 Å². The van der Waals surface area contributed by atoms with Gasteiger partial charge in [-0.15, -0.1) is 5.10 Å². The van der Waals surface area contributed by atoms with Crippen LogP contribution in [-0.4, -0.2) is 41.2 Å². The van der Waals surface area contributed by atoms with Gasteiger partial charge in [0.1, 0.15) is 0 Å². The molecule has 1 aromatic rings. The molecule has 0 spiro atoms. The molecule has 1 saturated carbocycles. The summed E-state index contributed by atoms with van der Waals surface area (Å²) in [5.41, 5.74) is 0.381. The number of aromatic nitrogens is 3. The van der Waals surface area contributed by atoms with E-state index in [4.69, 9.17) is 4.74 Å². The molecule has 1 heterocycles. The summed E-state index contributed by atoms with van der Waals surface area (Å²) in [7, 11) is 1.61. The average molecular weight is 294 g/mol. The van der Waals surface area contributed by atoms with Crippen LogP contribution in [0.1, 0.15) is 55.4 Å². The maximum absolute atomic E-state index is 11.8. The molecule has 118 valence electrons. The van der Waals surface area contributed by atoms with Crippen molar-refractivity contribution in [1.29, 1.82) is 0 Å². The first-order chi connectivity index (χ1) is 10.3. The number of ether oxygens (including phenoxy) is 1. The molecule has 21 heavy (non-hydrogen) atoms. The molecule has 0 aliphatic heterocycles. The van der Waals surface area contributed by atoms with Crippen LogP contribution in [0.3, 0.4) is 0 Å². The van der Waals surface area contributed by atoms with Crippen LogP contribution in [-0.2, 0) is 11.3 Å². The van der Waals surface area contributed by atoms with E-state index in [2.05, 4.69) is 15.6 Å². The van der Waals surface area contributed by atoms with Crippen molar-refractivity contribution in [2.24, 2.45) is 5.92 Å². The number of hydrogen-bond acceptors (Lipinski definition) is 4. The zero-order valence-corrected chi connectivity index (χ0v) is 12.9. The maximum atomic E-state index is 11.8. The summed E-state index contributed by atoms with van der Waals surface area (Å²) in [5, 5.41) is 10.7. The largest absolute Gasteiger partial charge is 0.383 e. The summed E-state index contributed by atoms with van der Waals surface area (Å²) in [6.45, 7) is 1.84. The fourth-order valence-electron chi connectivity index (χ4n) is 2.84. The Morgan fingerprint density at radius 2 is 2.14 bits per heavy atom. The Labute approximate surface area is 126 Å². The van der Waals surface area contributed by atoms with E-state index in [0.29, 0.717) is 18.8 Å². The van der Waals surface area contributed by atoms with Gasteiger partial charge in [0.05, 0.1) is 12.8 Å². The molecule has 0 unspecified atom stereocenters. The van der Waals surface area contributed by atoms with Gasteiger partial charge in [-0.3, -0.25) is 9.48 Å². The molecule has 1 aromatic heterocycles. The third-order valence-electron chi connectivity index (χ3n) is 4.10. The Hall–Kier alpha value is -1.43. The lowest BCUT2D eigenvalue weighted by atomic mass is 9.97. The van der Waals surface area contributed by atoms with Crippen LogP contribution >= 0.6 is 0 Å². The minimum Gasteiger partial charge on any atom is -0.383 e. The predicted octanol–water partition coefficient (Wildman–Crippen LogP) is 2.01. The summed E-state index contributed by atoms with van der Waals surface area (Å²) in [6, 6.07) is 0. The predicted molar refractivity (Wildman–Crippen MR) is 80.0 cm³/mol. The Morgan fingerprint density at radius 1 is 1.38 bits per heavy atom. The molecular weight excluding hydrogens is 268 g/mol. The number of nitrogens with zero attached hydrogens (tertiary/aromatic N) is 3. The lowest BCUT2D eigenvalue weighted by Crippen LogP contribution is -2.27. The van der Waals surface area contributed by atoms with Crippen LogP contribution in [0.25, 0.3) is 0 Å². The minimum absolute atomic E-state index is 0.187. The second-order valence-electron chi connectivity index (χ2n) is 5.76. The molecular formula is C15H26N4O2. The van der Waals surface area contributed by atoms with Crippen molar-refractivity contribution in [2.45, 2.75) is 51.5 Å². The van der Waals surface area contributed by atoms with Crippen molar-refractivity contribution < 1.29 is 9.53 Å². The highest BCUT2D eigenvalue weighted by Crippen LogP contribution is 2.25. The van der Waals surface area contributed by atoms with Gasteiger partial charge in [-0.1, -0.05) is 43.7 Å². The highest BCUT2D eigenvalue weighted by atomic mass is 16.5. The summed E-state index contributed by atoms with van der Waals surface area (Å²) in [6.07, 6.45) is 11.0. The van der Waals surface area contributed by atoms with Crippen LogP contribution in [0, 0.1) is 5.92 Å². The number of nitrogens with one attached hydrogen (secondary N) is 1. The normalized spacial score (nSPS) is 16.6. The van der Waals surface area contributed by atoms with Gasteiger partial charge in [-0.25, -0.2) is 0 Å². The maximum Gasteiger partial charge on any atom is 0.273 e. The number of hydrogen-bond donors (Lipinski definition) is 1. The molecule has 1 aliphatic carbocycles. The summed E-state index contributed by atoms with van der Waals surface area (Å²) >= 11 is 0. The molecule has 0 aromatic carbocycles. The van der Waals surface area contributed by atoms with Crippen molar-refractivity contribution in [3.05, 3.63) is 11.9 Å². The van der Waals surface area contributed by atoms with Crippen LogP contribution in [0.15, 0.2) is 6.20 Å². The van der Waals surface area contributed by atoms with E-state index in [0.717, 1.165) is 18.9 Å². The monoisotopic (exact) mass is 294 g/mol.